The Morgan fingerprint density at radius 2 is 0.429 bits per heavy atom. The van der Waals surface area contributed by atoms with Gasteiger partial charge in [-0.05, 0) is 190 Å². The molecule has 0 bridgehead atoms. The van der Waals surface area contributed by atoms with E-state index in [-0.39, 0.29) is 0 Å². The van der Waals surface area contributed by atoms with E-state index < -0.39 is 0 Å². The Bertz CT molecular complexity index is 3620. The highest BCUT2D eigenvalue weighted by atomic mass is 14.3. The highest BCUT2D eigenvalue weighted by Gasteiger charge is 2.26. The lowest BCUT2D eigenvalue weighted by Crippen LogP contribution is -1.85. The zero-order valence-electron chi connectivity index (χ0n) is 31.7. The highest BCUT2D eigenvalue weighted by Crippen LogP contribution is 2.53. The van der Waals surface area contributed by atoms with E-state index in [0.29, 0.717) is 0 Å². The molecule has 0 nitrogen and oxygen atoms in total. The van der Waals surface area contributed by atoms with Crippen LogP contribution in [0.15, 0.2) is 133 Å². The van der Waals surface area contributed by atoms with Crippen LogP contribution in [-0.2, 0) is 0 Å². The SMILES string of the molecule is Cc1c2c3cccc4cccc(c2c(C)c2c5ccc(-c6ccc7c8c(C)c9c%10cccc%11cccc(c9c(C)c8c8cccc6c87)c%11%10)c6cccc(c12)c65)c43. The van der Waals surface area contributed by atoms with Gasteiger partial charge in [-0.15, -0.1) is 0 Å². The summed E-state index contributed by atoms with van der Waals surface area (Å²) in [4.78, 5) is 0. The summed E-state index contributed by atoms with van der Waals surface area (Å²) in [7, 11) is 0. The third-order valence-electron chi connectivity index (χ3n) is 14.3. The average molecular weight is 707 g/mol. The van der Waals surface area contributed by atoms with E-state index in [1.54, 1.807) is 0 Å². The standard InChI is InChI=1S/C56H34/c1-27-45-37-17-5-11-31-13-7-19-39(53(31)37)47(45)29(3)51-43-25-23-33(35-15-9-21-41(49(27)51)55(35)43)34-24-26-44-52-30(4)48-40-20-8-14-32-12-6-18-38(54(32)40)46(48)28(2)50(52)42-22-10-16-36(34)56(42)44/h5-26H,1-4H3. The van der Waals surface area contributed by atoms with Gasteiger partial charge in [0.25, 0.3) is 0 Å². The molecular formula is C56H34. The number of benzene rings is 10. The van der Waals surface area contributed by atoms with Gasteiger partial charge in [0.2, 0.25) is 0 Å². The van der Waals surface area contributed by atoms with Gasteiger partial charge in [0.05, 0.1) is 0 Å². The normalized spacial score (nSPS) is 13.0. The molecule has 56 heavy (non-hydrogen) atoms. The second-order valence-corrected chi connectivity index (χ2v) is 16.7. The Balaban J connectivity index is 1.09. The summed E-state index contributed by atoms with van der Waals surface area (Å²) in [5, 5.41) is 33.3. The summed E-state index contributed by atoms with van der Waals surface area (Å²) in [6, 6.07) is 51.1. The van der Waals surface area contributed by atoms with Gasteiger partial charge < -0.3 is 0 Å². The molecule has 14 aromatic rings. The largest absolute Gasteiger partial charge is 0.0610 e. The van der Waals surface area contributed by atoms with Crippen molar-refractivity contribution >= 4 is 129 Å². The summed E-state index contributed by atoms with van der Waals surface area (Å²) >= 11 is 0. The van der Waals surface area contributed by atoms with Gasteiger partial charge in [0.1, 0.15) is 0 Å². The molecule has 0 atom stereocenters. The molecule has 0 unspecified atom stereocenters. The molecule has 0 radical (unpaired) electrons. The van der Waals surface area contributed by atoms with Crippen molar-refractivity contribution in [3.63, 3.8) is 0 Å². The molecule has 0 aliphatic carbocycles. The summed E-state index contributed by atoms with van der Waals surface area (Å²) in [5.41, 5.74) is 8.21. The molecule has 0 spiro atoms. The third kappa shape index (κ3) is 3.14. The van der Waals surface area contributed by atoms with Crippen LogP contribution in [-0.4, -0.2) is 0 Å². The first kappa shape index (κ1) is 29.6. The maximum atomic E-state index is 2.43. The second kappa shape index (κ2) is 9.72. The van der Waals surface area contributed by atoms with Crippen LogP contribution in [0.3, 0.4) is 0 Å². The molecule has 0 N–H and O–H groups in total. The third-order valence-corrected chi connectivity index (χ3v) is 14.3. The van der Waals surface area contributed by atoms with Gasteiger partial charge in [-0.25, -0.2) is 0 Å². The molecule has 0 fully saturated rings. The van der Waals surface area contributed by atoms with Crippen molar-refractivity contribution in [2.24, 2.45) is 0 Å². The summed E-state index contributed by atoms with van der Waals surface area (Å²) in [6.07, 6.45) is 0. The van der Waals surface area contributed by atoms with Crippen molar-refractivity contribution in [3.8, 4) is 11.1 Å². The first-order valence-electron chi connectivity index (χ1n) is 20.0. The molecule has 0 aliphatic rings. The van der Waals surface area contributed by atoms with Crippen molar-refractivity contribution in [1.29, 1.82) is 0 Å². The molecule has 0 saturated carbocycles. The van der Waals surface area contributed by atoms with Crippen molar-refractivity contribution < 1.29 is 0 Å². The zero-order valence-corrected chi connectivity index (χ0v) is 31.7. The molecule has 258 valence electrons. The van der Waals surface area contributed by atoms with Gasteiger partial charge in [-0.3, -0.25) is 0 Å². The fraction of sp³-hybridized carbons (Fsp3) is 0.0714. The van der Waals surface area contributed by atoms with Crippen molar-refractivity contribution in [3.05, 3.63) is 156 Å². The molecular weight excluding hydrogens is 673 g/mol. The van der Waals surface area contributed by atoms with E-state index in [1.165, 1.54) is 163 Å². The zero-order chi connectivity index (χ0) is 36.9. The summed E-state index contributed by atoms with van der Waals surface area (Å²) < 4.78 is 0. The van der Waals surface area contributed by atoms with E-state index in [1.807, 2.05) is 0 Å². The predicted molar refractivity (Wildman–Crippen MR) is 246 cm³/mol. The lowest BCUT2D eigenvalue weighted by molar-refractivity contribution is 1.58. The predicted octanol–water partition coefficient (Wildman–Crippen LogP) is 16.2. The molecule has 0 aromatic heterocycles. The Morgan fingerprint density at radius 3 is 0.732 bits per heavy atom. The van der Waals surface area contributed by atoms with Crippen LogP contribution in [0.1, 0.15) is 22.3 Å². The molecule has 0 heterocycles. The molecule has 0 saturated heterocycles. The van der Waals surface area contributed by atoms with Crippen LogP contribution < -0.4 is 0 Å². The Kier molecular flexibility index (Phi) is 5.13. The fourth-order valence-corrected chi connectivity index (χ4v) is 12.3. The molecule has 0 heteroatoms. The van der Waals surface area contributed by atoms with Crippen LogP contribution in [0.2, 0.25) is 0 Å². The van der Waals surface area contributed by atoms with Gasteiger partial charge in [-0.2, -0.15) is 0 Å². The van der Waals surface area contributed by atoms with E-state index in [0.717, 1.165) is 0 Å². The first-order chi connectivity index (χ1) is 27.5. The Labute approximate surface area is 322 Å². The van der Waals surface area contributed by atoms with Crippen LogP contribution in [0, 0.1) is 27.7 Å². The summed E-state index contributed by atoms with van der Waals surface area (Å²) in [5.74, 6) is 0. The minimum Gasteiger partial charge on any atom is -0.0610 e. The van der Waals surface area contributed by atoms with Crippen LogP contribution in [0.4, 0.5) is 0 Å². The maximum Gasteiger partial charge on any atom is -0.00199 e. The maximum absolute atomic E-state index is 2.43. The number of rotatable bonds is 1. The van der Waals surface area contributed by atoms with Gasteiger partial charge in [0.15, 0.2) is 0 Å². The molecule has 14 rings (SSSR count). The Morgan fingerprint density at radius 1 is 0.196 bits per heavy atom. The van der Waals surface area contributed by atoms with Crippen molar-refractivity contribution in [2.75, 3.05) is 0 Å². The first-order valence-corrected chi connectivity index (χ1v) is 20.0. The second-order valence-electron chi connectivity index (χ2n) is 16.7. The van der Waals surface area contributed by atoms with Crippen molar-refractivity contribution in [2.45, 2.75) is 27.7 Å². The molecule has 0 aliphatic heterocycles. The van der Waals surface area contributed by atoms with E-state index in [9.17, 15) is 0 Å². The number of hydrogen-bond acceptors (Lipinski definition) is 0. The van der Waals surface area contributed by atoms with Gasteiger partial charge in [-0.1, -0.05) is 133 Å². The minimum atomic E-state index is 1.31. The minimum absolute atomic E-state index is 1.31. The lowest BCUT2D eigenvalue weighted by atomic mass is 9.91. The number of hydrogen-bond donors (Lipinski definition) is 0. The van der Waals surface area contributed by atoms with E-state index >= 15 is 0 Å². The topological polar surface area (TPSA) is 0 Å². The Hall–Kier alpha value is -6.76. The lowest BCUT2D eigenvalue weighted by Gasteiger charge is -2.12. The fourth-order valence-electron chi connectivity index (χ4n) is 12.3. The monoisotopic (exact) mass is 706 g/mol. The van der Waals surface area contributed by atoms with E-state index in [4.69, 9.17) is 0 Å². The smallest absolute Gasteiger partial charge is 0.00199 e. The number of fused-ring (bicyclic) bond motifs is 12. The molecule has 0 amide bonds. The summed E-state index contributed by atoms with van der Waals surface area (Å²) in [6.45, 7) is 9.47. The highest BCUT2D eigenvalue weighted by molar-refractivity contribution is 6.43. The van der Waals surface area contributed by atoms with Gasteiger partial charge >= 0.3 is 0 Å². The van der Waals surface area contributed by atoms with Crippen molar-refractivity contribution in [1.82, 2.24) is 0 Å². The number of aryl methyl sites for hydroxylation is 4. The van der Waals surface area contributed by atoms with Crippen LogP contribution >= 0.6 is 0 Å². The quantitative estimate of drug-likeness (QED) is 0.159. The van der Waals surface area contributed by atoms with Crippen LogP contribution in [0.5, 0.6) is 0 Å². The van der Waals surface area contributed by atoms with Gasteiger partial charge in [0, 0.05) is 0 Å². The van der Waals surface area contributed by atoms with E-state index in [2.05, 4.69) is 161 Å². The molecule has 14 aromatic carbocycles. The van der Waals surface area contributed by atoms with Crippen LogP contribution in [0.25, 0.3) is 140 Å². The average Bonchev–Trinajstić information content (AvgIpc) is 3.97.